The number of amides is 4. The van der Waals surface area contributed by atoms with E-state index in [1.807, 2.05) is 0 Å². The summed E-state index contributed by atoms with van der Waals surface area (Å²) >= 11 is 0. The Bertz CT molecular complexity index is 798. The monoisotopic (exact) mass is 417 g/mol. The second-order valence-corrected chi connectivity index (χ2v) is 6.99. The van der Waals surface area contributed by atoms with Crippen LogP contribution in [0.15, 0.2) is 18.2 Å². The first-order chi connectivity index (χ1) is 14.5. The van der Waals surface area contributed by atoms with Gasteiger partial charge in [0.15, 0.2) is 0 Å². The zero-order chi connectivity index (χ0) is 21.9. The molecule has 1 heterocycles. The molecule has 2 rings (SSSR count). The Morgan fingerprint density at radius 2 is 2.03 bits per heavy atom. The maximum absolute atomic E-state index is 12.3. The third kappa shape index (κ3) is 6.75. The first kappa shape index (κ1) is 23.2. The van der Waals surface area contributed by atoms with E-state index in [9.17, 15) is 24.0 Å². The lowest BCUT2D eigenvalue weighted by Crippen LogP contribution is -2.51. The fourth-order valence-electron chi connectivity index (χ4n) is 3.23. The number of likely N-dealkylation sites (N-methyl/N-ethyl adjacent to an activating group) is 1. The number of aldehydes is 1. The predicted octanol–water partition coefficient (Wildman–Crippen LogP) is -0.600. The van der Waals surface area contributed by atoms with Gasteiger partial charge in [0.2, 0.25) is 24.1 Å². The van der Waals surface area contributed by atoms with Crippen molar-refractivity contribution >= 4 is 36.1 Å². The van der Waals surface area contributed by atoms with Gasteiger partial charge in [-0.25, -0.2) is 0 Å². The molecule has 1 aromatic rings. The van der Waals surface area contributed by atoms with Gasteiger partial charge in [0.05, 0.1) is 6.04 Å². The lowest BCUT2D eigenvalue weighted by Gasteiger charge is -2.30. The molecule has 1 aromatic carbocycles. The molecule has 0 spiro atoms. The molecule has 10 heteroatoms. The third-order valence-electron chi connectivity index (χ3n) is 4.82. The number of nitrogens with one attached hydrogen (secondary N) is 4. The molecule has 1 atom stereocenters. The summed E-state index contributed by atoms with van der Waals surface area (Å²) in [4.78, 5) is 59.3. The van der Waals surface area contributed by atoms with Gasteiger partial charge < -0.3 is 16.0 Å². The van der Waals surface area contributed by atoms with Crippen LogP contribution in [-0.2, 0) is 25.7 Å². The predicted molar refractivity (Wildman–Crippen MR) is 110 cm³/mol. The Morgan fingerprint density at radius 1 is 1.23 bits per heavy atom. The Morgan fingerprint density at radius 3 is 2.73 bits per heavy atom. The highest BCUT2D eigenvalue weighted by atomic mass is 16.2. The largest absolute Gasteiger partial charge is 0.357 e. The molecule has 0 aliphatic carbocycles. The van der Waals surface area contributed by atoms with E-state index in [2.05, 4.69) is 21.3 Å². The highest BCUT2D eigenvalue weighted by Gasteiger charge is 2.30. The van der Waals surface area contributed by atoms with Crippen LogP contribution >= 0.6 is 0 Å². The van der Waals surface area contributed by atoms with Gasteiger partial charge in [-0.15, -0.1) is 0 Å². The lowest BCUT2D eigenvalue weighted by atomic mass is 10.0. The molecule has 4 N–H and O–H groups in total. The van der Waals surface area contributed by atoms with Crippen LogP contribution in [0.3, 0.4) is 0 Å². The highest BCUT2D eigenvalue weighted by Crippen LogP contribution is 2.23. The van der Waals surface area contributed by atoms with Crippen LogP contribution in [0.2, 0.25) is 0 Å². The summed E-state index contributed by atoms with van der Waals surface area (Å²) in [5.74, 6) is -0.877. The Kier molecular flexibility index (Phi) is 9.10. The van der Waals surface area contributed by atoms with E-state index >= 15 is 0 Å². The quantitative estimate of drug-likeness (QED) is 0.202. The first-order valence-corrected chi connectivity index (χ1v) is 9.75. The summed E-state index contributed by atoms with van der Waals surface area (Å²) in [5.41, 5.74) is 1.53. The molecule has 162 valence electrons. The molecule has 0 bridgehead atoms. The molecule has 4 amide bonds. The number of imide groups is 1. The minimum atomic E-state index is -0.491. The number of rotatable bonds is 12. The van der Waals surface area contributed by atoms with E-state index in [0.29, 0.717) is 55.6 Å². The van der Waals surface area contributed by atoms with Gasteiger partial charge in [0.25, 0.3) is 0 Å². The molecule has 1 aliphatic heterocycles. The fourth-order valence-corrected chi connectivity index (χ4v) is 3.23. The van der Waals surface area contributed by atoms with Gasteiger partial charge in [-0.2, -0.15) is 0 Å². The van der Waals surface area contributed by atoms with Crippen molar-refractivity contribution in [3.63, 3.8) is 0 Å². The third-order valence-corrected chi connectivity index (χ3v) is 4.82. The Hall–Kier alpha value is -3.11. The van der Waals surface area contributed by atoms with Crippen LogP contribution in [0, 0.1) is 0 Å². The molecule has 10 nitrogen and oxygen atoms in total. The van der Waals surface area contributed by atoms with Gasteiger partial charge >= 0.3 is 0 Å². The summed E-state index contributed by atoms with van der Waals surface area (Å²) in [5, 5.41) is 10.7. The van der Waals surface area contributed by atoms with Gasteiger partial charge in [-0.3, -0.25) is 34.2 Å². The van der Waals surface area contributed by atoms with Crippen LogP contribution in [0.4, 0.5) is 5.69 Å². The zero-order valence-electron chi connectivity index (χ0n) is 16.9. The van der Waals surface area contributed by atoms with Crippen LogP contribution in [0.25, 0.3) is 0 Å². The lowest BCUT2D eigenvalue weighted by molar-refractivity contribution is -0.137. The van der Waals surface area contributed by atoms with E-state index in [4.69, 9.17) is 0 Å². The van der Waals surface area contributed by atoms with Crippen molar-refractivity contribution in [2.24, 2.45) is 0 Å². The number of piperidine rings is 1. The SMILES string of the molecule is CN(Cc1c(C=O)cccc1NC(=O)CCNCCNC=O)C1CCC(=O)NC1=O. The van der Waals surface area contributed by atoms with Gasteiger partial charge in [0, 0.05) is 55.8 Å². The second kappa shape index (κ2) is 11.8. The summed E-state index contributed by atoms with van der Waals surface area (Å²) in [6.45, 7) is 1.72. The number of nitrogens with zero attached hydrogens (tertiary/aromatic N) is 1. The molecule has 1 saturated heterocycles. The van der Waals surface area contributed by atoms with E-state index in [1.165, 1.54) is 0 Å². The standard InChI is InChI=1S/C20H27N5O5/c1-25(17-5-6-18(28)24-20(17)30)11-15-14(12-26)3-2-4-16(15)23-19(29)7-8-21-9-10-22-13-27/h2-4,12-13,17,21H,5-11H2,1H3,(H,22,27)(H,23,29)(H,24,28,30). The average Bonchev–Trinajstić information content (AvgIpc) is 2.71. The summed E-state index contributed by atoms with van der Waals surface area (Å²) in [6.07, 6.45) is 2.20. The number of carbonyl (C=O) groups is 5. The highest BCUT2D eigenvalue weighted by molar-refractivity contribution is 6.00. The average molecular weight is 417 g/mol. The fraction of sp³-hybridized carbons (Fsp3) is 0.450. The molecule has 30 heavy (non-hydrogen) atoms. The van der Waals surface area contributed by atoms with Crippen molar-refractivity contribution in [1.29, 1.82) is 0 Å². The molecule has 0 aromatic heterocycles. The van der Waals surface area contributed by atoms with Crippen molar-refractivity contribution < 1.29 is 24.0 Å². The van der Waals surface area contributed by atoms with Crippen molar-refractivity contribution in [1.82, 2.24) is 20.9 Å². The van der Waals surface area contributed by atoms with Crippen molar-refractivity contribution in [3.05, 3.63) is 29.3 Å². The van der Waals surface area contributed by atoms with Crippen molar-refractivity contribution in [2.45, 2.75) is 31.8 Å². The summed E-state index contributed by atoms with van der Waals surface area (Å²) in [7, 11) is 1.74. The van der Waals surface area contributed by atoms with Gasteiger partial charge in [0.1, 0.15) is 6.29 Å². The first-order valence-electron chi connectivity index (χ1n) is 9.75. The summed E-state index contributed by atoms with van der Waals surface area (Å²) in [6, 6.07) is 4.55. The van der Waals surface area contributed by atoms with E-state index in [1.54, 1.807) is 30.1 Å². The van der Waals surface area contributed by atoms with Crippen molar-refractivity contribution in [2.75, 3.05) is 32.0 Å². The number of benzene rings is 1. The Balaban J connectivity index is 2.00. The molecule has 1 fully saturated rings. The van der Waals surface area contributed by atoms with E-state index < -0.39 is 6.04 Å². The molecular weight excluding hydrogens is 390 g/mol. The van der Waals surface area contributed by atoms with Crippen LogP contribution in [0.1, 0.15) is 35.2 Å². The van der Waals surface area contributed by atoms with Gasteiger partial charge in [-0.05, 0) is 19.5 Å². The topological polar surface area (TPSA) is 137 Å². The number of hydrogen-bond acceptors (Lipinski definition) is 7. The van der Waals surface area contributed by atoms with Gasteiger partial charge in [-0.1, -0.05) is 12.1 Å². The number of anilines is 1. The molecule has 1 aliphatic rings. The second-order valence-electron chi connectivity index (χ2n) is 6.99. The van der Waals surface area contributed by atoms with Crippen LogP contribution in [-0.4, -0.2) is 68.0 Å². The summed E-state index contributed by atoms with van der Waals surface area (Å²) < 4.78 is 0. The van der Waals surface area contributed by atoms with E-state index in [-0.39, 0.29) is 37.1 Å². The maximum atomic E-state index is 12.3. The van der Waals surface area contributed by atoms with Crippen molar-refractivity contribution in [3.8, 4) is 0 Å². The molecule has 0 radical (unpaired) electrons. The molecular formula is C20H27N5O5. The number of hydrogen-bond donors (Lipinski definition) is 4. The molecule has 0 saturated carbocycles. The maximum Gasteiger partial charge on any atom is 0.243 e. The van der Waals surface area contributed by atoms with E-state index in [0.717, 1.165) is 0 Å². The smallest absolute Gasteiger partial charge is 0.243 e. The normalized spacial score (nSPS) is 16.1. The molecule has 1 unspecified atom stereocenters. The zero-order valence-corrected chi connectivity index (χ0v) is 16.9. The minimum absolute atomic E-state index is 0.217. The van der Waals surface area contributed by atoms with Crippen LogP contribution in [0.5, 0.6) is 0 Å². The number of carbonyl (C=O) groups excluding carboxylic acids is 5. The van der Waals surface area contributed by atoms with Crippen LogP contribution < -0.4 is 21.3 Å². The Labute approximate surface area is 174 Å². The minimum Gasteiger partial charge on any atom is -0.357 e.